The minimum Gasteiger partial charge on any atom is -0.379 e. The Kier molecular flexibility index (Phi) is 5.26. The highest BCUT2D eigenvalue weighted by molar-refractivity contribution is 5.82. The van der Waals surface area contributed by atoms with E-state index in [0.29, 0.717) is 31.3 Å². The number of likely N-dealkylation sites (N-methyl/N-ethyl adjacent to an activating group) is 1. The second-order valence-electron chi connectivity index (χ2n) is 4.60. The predicted molar refractivity (Wildman–Crippen MR) is 60.9 cm³/mol. The van der Waals surface area contributed by atoms with Crippen molar-refractivity contribution in [3.8, 4) is 0 Å². The van der Waals surface area contributed by atoms with Crippen LogP contribution in [-0.2, 0) is 9.53 Å². The Balaban J connectivity index is 2.38. The molecular weight excluding hydrogens is 190 g/mol. The average molecular weight is 213 g/mol. The van der Waals surface area contributed by atoms with Crippen LogP contribution in [0.3, 0.4) is 0 Å². The molecule has 0 aromatic carbocycles. The first-order chi connectivity index (χ1) is 7.19. The van der Waals surface area contributed by atoms with Gasteiger partial charge in [-0.1, -0.05) is 26.7 Å². The maximum absolute atomic E-state index is 12.0. The van der Waals surface area contributed by atoms with Crippen molar-refractivity contribution in [1.82, 2.24) is 5.32 Å². The van der Waals surface area contributed by atoms with E-state index < -0.39 is 0 Å². The summed E-state index contributed by atoms with van der Waals surface area (Å²) < 4.78 is 5.34. The summed E-state index contributed by atoms with van der Waals surface area (Å²) in [4.78, 5) is 12.0. The van der Waals surface area contributed by atoms with Gasteiger partial charge in [-0.3, -0.25) is 4.79 Å². The summed E-state index contributed by atoms with van der Waals surface area (Å²) in [5, 5.41) is 3.15. The van der Waals surface area contributed by atoms with Gasteiger partial charge in [0, 0.05) is 12.5 Å². The van der Waals surface area contributed by atoms with Crippen molar-refractivity contribution in [1.29, 1.82) is 0 Å². The second-order valence-corrected chi connectivity index (χ2v) is 4.60. The molecular formula is C12H23NO2. The first kappa shape index (κ1) is 12.7. The molecule has 3 heteroatoms. The number of hydrogen-bond acceptors (Lipinski definition) is 3. The zero-order chi connectivity index (χ0) is 11.3. The van der Waals surface area contributed by atoms with Crippen molar-refractivity contribution in [3.05, 3.63) is 0 Å². The Morgan fingerprint density at radius 2 is 2.27 bits per heavy atom. The van der Waals surface area contributed by atoms with E-state index in [1.165, 1.54) is 0 Å². The van der Waals surface area contributed by atoms with Gasteiger partial charge in [-0.15, -0.1) is 0 Å². The van der Waals surface area contributed by atoms with Crippen LogP contribution in [0.15, 0.2) is 0 Å². The van der Waals surface area contributed by atoms with E-state index in [4.69, 9.17) is 4.74 Å². The van der Waals surface area contributed by atoms with Crippen molar-refractivity contribution < 1.29 is 9.53 Å². The van der Waals surface area contributed by atoms with E-state index in [0.717, 1.165) is 12.8 Å². The summed E-state index contributed by atoms with van der Waals surface area (Å²) in [6.45, 7) is 5.60. The lowest BCUT2D eigenvalue weighted by molar-refractivity contribution is -0.124. The fourth-order valence-corrected chi connectivity index (χ4v) is 2.25. The number of hydrogen-bond donors (Lipinski definition) is 1. The third-order valence-corrected chi connectivity index (χ3v) is 3.20. The van der Waals surface area contributed by atoms with Gasteiger partial charge in [0.2, 0.25) is 0 Å². The molecule has 0 aromatic rings. The second kappa shape index (κ2) is 6.23. The summed E-state index contributed by atoms with van der Waals surface area (Å²) in [6, 6.07) is 0.228. The highest BCUT2D eigenvalue weighted by atomic mass is 16.5. The molecule has 3 nitrogen and oxygen atoms in total. The molecule has 0 aromatic heterocycles. The molecule has 0 radical (unpaired) electrons. The third-order valence-electron chi connectivity index (χ3n) is 3.20. The molecule has 1 N–H and O–H groups in total. The van der Waals surface area contributed by atoms with Crippen molar-refractivity contribution in [2.75, 3.05) is 20.3 Å². The van der Waals surface area contributed by atoms with Gasteiger partial charge in [0.05, 0.1) is 19.1 Å². The fourth-order valence-electron chi connectivity index (χ4n) is 2.25. The Hall–Kier alpha value is -0.410. The van der Waals surface area contributed by atoms with Crippen LogP contribution in [0.25, 0.3) is 0 Å². The zero-order valence-electron chi connectivity index (χ0n) is 10.1. The van der Waals surface area contributed by atoms with Gasteiger partial charge in [0.15, 0.2) is 0 Å². The number of ketones is 1. The van der Waals surface area contributed by atoms with Crippen molar-refractivity contribution in [2.45, 2.75) is 39.2 Å². The van der Waals surface area contributed by atoms with Crippen molar-refractivity contribution in [3.63, 3.8) is 0 Å². The summed E-state index contributed by atoms with van der Waals surface area (Å²) in [5.74, 6) is 0.961. The number of nitrogens with one attached hydrogen (secondary N) is 1. The smallest absolute Gasteiger partial charge is 0.140 e. The highest BCUT2D eigenvalue weighted by Crippen LogP contribution is 2.20. The molecule has 0 bridgehead atoms. The minimum absolute atomic E-state index is 0.0781. The first-order valence-electron chi connectivity index (χ1n) is 5.96. The van der Waals surface area contributed by atoms with Crippen LogP contribution in [0.5, 0.6) is 0 Å². The van der Waals surface area contributed by atoms with E-state index in [2.05, 4.69) is 19.2 Å². The van der Waals surface area contributed by atoms with Gasteiger partial charge in [-0.25, -0.2) is 0 Å². The van der Waals surface area contributed by atoms with Gasteiger partial charge < -0.3 is 10.1 Å². The van der Waals surface area contributed by atoms with Crippen LogP contribution in [-0.4, -0.2) is 32.1 Å². The number of Topliss-reactive ketones (excluding diaryl/α,β-unsaturated/α-hetero) is 1. The van der Waals surface area contributed by atoms with Gasteiger partial charge in [-0.05, 0) is 13.0 Å². The fraction of sp³-hybridized carbons (Fsp3) is 0.917. The molecule has 1 fully saturated rings. The topological polar surface area (TPSA) is 38.3 Å². The molecule has 88 valence electrons. The minimum atomic E-state index is 0.0781. The lowest BCUT2D eigenvalue weighted by Crippen LogP contribution is -2.37. The molecule has 0 saturated carbocycles. The SMILES string of the molecule is CCCC(C)CC(=O)C1COCC1NC. The maximum Gasteiger partial charge on any atom is 0.140 e. The number of carbonyl (C=O) groups is 1. The van der Waals surface area contributed by atoms with E-state index >= 15 is 0 Å². The molecule has 1 heterocycles. The molecule has 15 heavy (non-hydrogen) atoms. The first-order valence-corrected chi connectivity index (χ1v) is 5.96. The number of carbonyl (C=O) groups excluding carboxylic acids is 1. The Bertz CT molecular complexity index is 206. The molecule has 0 amide bonds. The lowest BCUT2D eigenvalue weighted by atomic mass is 9.90. The quantitative estimate of drug-likeness (QED) is 0.728. The van der Waals surface area contributed by atoms with Crippen LogP contribution >= 0.6 is 0 Å². The zero-order valence-corrected chi connectivity index (χ0v) is 10.1. The largest absolute Gasteiger partial charge is 0.379 e. The van der Waals surface area contributed by atoms with Crippen LogP contribution < -0.4 is 5.32 Å². The van der Waals surface area contributed by atoms with E-state index in [9.17, 15) is 4.79 Å². The van der Waals surface area contributed by atoms with Gasteiger partial charge >= 0.3 is 0 Å². The molecule has 3 atom stereocenters. The van der Waals surface area contributed by atoms with Crippen molar-refractivity contribution in [2.24, 2.45) is 11.8 Å². The van der Waals surface area contributed by atoms with Crippen LogP contribution in [0.2, 0.25) is 0 Å². The van der Waals surface area contributed by atoms with Crippen LogP contribution in [0.4, 0.5) is 0 Å². The molecule has 1 saturated heterocycles. The highest BCUT2D eigenvalue weighted by Gasteiger charge is 2.32. The van der Waals surface area contributed by atoms with E-state index in [1.807, 2.05) is 7.05 Å². The average Bonchev–Trinajstić information content (AvgIpc) is 2.65. The third kappa shape index (κ3) is 3.58. The predicted octanol–water partition coefficient (Wildman–Crippen LogP) is 1.62. The molecule has 1 aliphatic rings. The maximum atomic E-state index is 12.0. The van der Waals surface area contributed by atoms with E-state index in [-0.39, 0.29) is 12.0 Å². The number of ether oxygens (including phenoxy) is 1. The normalized spacial score (nSPS) is 27.9. The monoisotopic (exact) mass is 213 g/mol. The van der Waals surface area contributed by atoms with Crippen molar-refractivity contribution >= 4 is 5.78 Å². The van der Waals surface area contributed by atoms with E-state index in [1.54, 1.807) is 0 Å². The van der Waals surface area contributed by atoms with Crippen LogP contribution in [0, 0.1) is 11.8 Å². The molecule has 1 rings (SSSR count). The molecule has 0 aliphatic carbocycles. The van der Waals surface area contributed by atoms with Gasteiger partial charge in [-0.2, -0.15) is 0 Å². The summed E-state index contributed by atoms with van der Waals surface area (Å²) >= 11 is 0. The molecule has 0 spiro atoms. The van der Waals surface area contributed by atoms with Gasteiger partial charge in [0.1, 0.15) is 5.78 Å². The Labute approximate surface area is 92.6 Å². The Morgan fingerprint density at radius 1 is 1.53 bits per heavy atom. The summed E-state index contributed by atoms with van der Waals surface area (Å²) in [5.41, 5.74) is 0. The lowest BCUT2D eigenvalue weighted by Gasteiger charge is -2.17. The number of rotatable bonds is 6. The molecule has 1 aliphatic heterocycles. The van der Waals surface area contributed by atoms with Crippen LogP contribution in [0.1, 0.15) is 33.1 Å². The molecule has 3 unspecified atom stereocenters. The standard InChI is InChI=1S/C12H23NO2/c1-4-5-9(2)6-12(14)10-7-15-8-11(10)13-3/h9-11,13H,4-8H2,1-3H3. The summed E-state index contributed by atoms with van der Waals surface area (Å²) in [6.07, 6.45) is 3.01. The van der Waals surface area contributed by atoms with Gasteiger partial charge in [0.25, 0.3) is 0 Å². The summed E-state index contributed by atoms with van der Waals surface area (Å²) in [7, 11) is 1.90. The Morgan fingerprint density at radius 3 is 2.87 bits per heavy atom.